The fourth-order valence-electron chi connectivity index (χ4n) is 0.747. The van der Waals surface area contributed by atoms with Crippen LogP contribution in [0.5, 0.6) is 0 Å². The monoisotopic (exact) mass is 265 g/mol. The molecule has 0 spiro atoms. The van der Waals surface area contributed by atoms with Crippen molar-refractivity contribution in [1.29, 1.82) is 0 Å². The summed E-state index contributed by atoms with van der Waals surface area (Å²) in [7, 11) is 0. The van der Waals surface area contributed by atoms with E-state index in [9.17, 15) is 9.90 Å². The number of ether oxygens (including phenoxy) is 1. The van der Waals surface area contributed by atoms with E-state index < -0.39 is 12.1 Å². The highest BCUT2D eigenvalue weighted by Gasteiger charge is 2.22. The number of esters is 1. The molecule has 1 unspecified atom stereocenters. The molecule has 0 bridgehead atoms. The lowest BCUT2D eigenvalue weighted by Gasteiger charge is -2.06. The lowest BCUT2D eigenvalue weighted by molar-refractivity contribution is -0.153. The van der Waals surface area contributed by atoms with Gasteiger partial charge in [-0.05, 0) is 22.9 Å². The topological polar surface area (TPSA) is 59.4 Å². The fourth-order valence-corrected chi connectivity index (χ4v) is 2.13. The quantitative estimate of drug-likeness (QED) is 0.842. The van der Waals surface area contributed by atoms with E-state index in [0.29, 0.717) is 9.48 Å². The van der Waals surface area contributed by atoms with Crippen LogP contribution >= 0.6 is 27.3 Å². The molecule has 1 atom stereocenters. The first-order valence-electron chi connectivity index (χ1n) is 3.60. The summed E-state index contributed by atoms with van der Waals surface area (Å²) in [5, 5.41) is 9.46. The average Bonchev–Trinajstić information content (AvgIpc) is 2.50. The minimum atomic E-state index is -1.23. The van der Waals surface area contributed by atoms with Gasteiger partial charge in [0.05, 0.1) is 17.0 Å². The fraction of sp³-hybridized carbons (Fsp3) is 0.429. The third-order valence-corrected chi connectivity index (χ3v) is 3.08. The van der Waals surface area contributed by atoms with E-state index in [-0.39, 0.29) is 6.61 Å². The first kappa shape index (κ1) is 10.6. The SMILES string of the molecule is CCOC(=O)C(O)c1scnc1Br. The van der Waals surface area contributed by atoms with Crippen molar-refractivity contribution >= 4 is 33.2 Å². The zero-order valence-corrected chi connectivity index (χ0v) is 9.26. The summed E-state index contributed by atoms with van der Waals surface area (Å²) in [6.45, 7) is 1.94. The van der Waals surface area contributed by atoms with E-state index in [1.807, 2.05) is 0 Å². The highest BCUT2D eigenvalue weighted by molar-refractivity contribution is 9.10. The molecule has 13 heavy (non-hydrogen) atoms. The van der Waals surface area contributed by atoms with Crippen LogP contribution in [0.4, 0.5) is 0 Å². The van der Waals surface area contributed by atoms with Gasteiger partial charge < -0.3 is 9.84 Å². The number of halogens is 1. The van der Waals surface area contributed by atoms with Crippen LogP contribution in [0.3, 0.4) is 0 Å². The molecule has 1 rings (SSSR count). The van der Waals surface area contributed by atoms with Gasteiger partial charge in [-0.3, -0.25) is 0 Å². The van der Waals surface area contributed by atoms with Crippen molar-refractivity contribution in [2.45, 2.75) is 13.0 Å². The van der Waals surface area contributed by atoms with Gasteiger partial charge in [0, 0.05) is 0 Å². The molecule has 0 radical (unpaired) electrons. The Morgan fingerprint density at radius 1 is 1.92 bits per heavy atom. The van der Waals surface area contributed by atoms with E-state index in [2.05, 4.69) is 25.7 Å². The van der Waals surface area contributed by atoms with Gasteiger partial charge in [-0.25, -0.2) is 9.78 Å². The maximum Gasteiger partial charge on any atom is 0.340 e. The van der Waals surface area contributed by atoms with Gasteiger partial charge in [-0.15, -0.1) is 11.3 Å². The second kappa shape index (κ2) is 4.69. The van der Waals surface area contributed by atoms with Gasteiger partial charge in [0.1, 0.15) is 4.60 Å². The lowest BCUT2D eigenvalue weighted by Crippen LogP contribution is -2.14. The zero-order chi connectivity index (χ0) is 9.84. The maximum absolute atomic E-state index is 11.1. The molecule has 6 heteroatoms. The molecule has 4 nitrogen and oxygen atoms in total. The second-order valence-corrected chi connectivity index (χ2v) is 3.80. The Morgan fingerprint density at radius 3 is 3.08 bits per heavy atom. The van der Waals surface area contributed by atoms with Crippen molar-refractivity contribution in [2.75, 3.05) is 6.61 Å². The third kappa shape index (κ3) is 2.49. The second-order valence-electron chi connectivity index (χ2n) is 2.16. The van der Waals surface area contributed by atoms with Gasteiger partial charge in [-0.1, -0.05) is 0 Å². The molecule has 1 heterocycles. The number of nitrogens with zero attached hydrogens (tertiary/aromatic N) is 1. The van der Waals surface area contributed by atoms with Crippen LogP contribution in [0, 0.1) is 0 Å². The van der Waals surface area contributed by atoms with Crippen molar-refractivity contribution in [3.8, 4) is 0 Å². The molecule has 0 aliphatic carbocycles. The van der Waals surface area contributed by atoms with E-state index in [1.165, 1.54) is 11.3 Å². The number of aromatic nitrogens is 1. The molecule has 1 aromatic rings. The summed E-state index contributed by atoms with van der Waals surface area (Å²) in [6.07, 6.45) is -1.23. The molecule has 72 valence electrons. The van der Waals surface area contributed by atoms with E-state index in [1.54, 1.807) is 12.4 Å². The first-order chi connectivity index (χ1) is 6.16. The number of carbonyl (C=O) groups excluding carboxylic acids is 1. The average molecular weight is 266 g/mol. The van der Waals surface area contributed by atoms with Crippen molar-refractivity contribution in [2.24, 2.45) is 0 Å². The van der Waals surface area contributed by atoms with Crippen LogP contribution in [0.1, 0.15) is 17.9 Å². The smallest absolute Gasteiger partial charge is 0.340 e. The van der Waals surface area contributed by atoms with Crippen molar-refractivity contribution < 1.29 is 14.6 Å². The molecule has 0 fully saturated rings. The Labute approximate surface area is 87.7 Å². The van der Waals surface area contributed by atoms with Crippen molar-refractivity contribution in [1.82, 2.24) is 4.98 Å². The number of thiazole rings is 1. The minimum Gasteiger partial charge on any atom is -0.464 e. The summed E-state index contributed by atoms with van der Waals surface area (Å²) in [5.41, 5.74) is 1.54. The lowest BCUT2D eigenvalue weighted by atomic mass is 10.3. The van der Waals surface area contributed by atoms with Crippen LogP contribution in [0.25, 0.3) is 0 Å². The highest BCUT2D eigenvalue weighted by atomic mass is 79.9. The zero-order valence-electron chi connectivity index (χ0n) is 6.86. The Morgan fingerprint density at radius 2 is 2.62 bits per heavy atom. The van der Waals surface area contributed by atoms with Crippen molar-refractivity contribution in [3.63, 3.8) is 0 Å². The Balaban J connectivity index is 2.73. The molecule has 0 aliphatic rings. The Kier molecular flexibility index (Phi) is 3.83. The number of hydrogen-bond acceptors (Lipinski definition) is 5. The summed E-state index contributed by atoms with van der Waals surface area (Å²) in [6, 6.07) is 0. The molecular formula is C7H8BrNO3S. The molecule has 0 saturated carbocycles. The molecule has 0 aliphatic heterocycles. The van der Waals surface area contributed by atoms with Gasteiger partial charge in [0.15, 0.2) is 6.10 Å². The highest BCUT2D eigenvalue weighted by Crippen LogP contribution is 2.26. The molecular weight excluding hydrogens is 258 g/mol. The first-order valence-corrected chi connectivity index (χ1v) is 5.27. The minimum absolute atomic E-state index is 0.256. The van der Waals surface area contributed by atoms with Crippen molar-refractivity contribution in [3.05, 3.63) is 15.0 Å². The summed E-state index contributed by atoms with van der Waals surface area (Å²) < 4.78 is 5.14. The van der Waals surface area contributed by atoms with E-state index in [4.69, 9.17) is 0 Å². The Hall–Kier alpha value is -0.460. The van der Waals surface area contributed by atoms with Gasteiger partial charge in [0.2, 0.25) is 0 Å². The van der Waals surface area contributed by atoms with Crippen LogP contribution in [-0.2, 0) is 9.53 Å². The van der Waals surface area contributed by atoms with Gasteiger partial charge in [-0.2, -0.15) is 0 Å². The van der Waals surface area contributed by atoms with Crippen LogP contribution < -0.4 is 0 Å². The summed E-state index contributed by atoms with van der Waals surface area (Å²) in [5.74, 6) is -0.646. The van der Waals surface area contributed by atoms with Gasteiger partial charge in [0.25, 0.3) is 0 Å². The number of hydrogen-bond donors (Lipinski definition) is 1. The van der Waals surface area contributed by atoms with E-state index >= 15 is 0 Å². The maximum atomic E-state index is 11.1. The Bertz CT molecular complexity index is 302. The molecule has 1 N–H and O–H groups in total. The normalized spacial score (nSPS) is 12.5. The standard InChI is InChI=1S/C7H8BrNO3S/c1-2-12-7(11)4(10)5-6(8)9-3-13-5/h3-4,10H,2H2,1H3. The van der Waals surface area contributed by atoms with Crippen LogP contribution in [-0.4, -0.2) is 22.7 Å². The predicted molar refractivity (Wildman–Crippen MR) is 51.4 cm³/mol. The molecule has 0 saturated heterocycles. The molecule has 0 aromatic carbocycles. The van der Waals surface area contributed by atoms with E-state index in [0.717, 1.165) is 0 Å². The third-order valence-electron chi connectivity index (χ3n) is 1.31. The molecule has 0 amide bonds. The number of aliphatic hydroxyl groups excluding tert-OH is 1. The predicted octanol–water partition coefficient (Wildman–Crippen LogP) is 1.50. The number of carbonyl (C=O) groups is 1. The number of aliphatic hydroxyl groups is 1. The number of rotatable bonds is 3. The molecule has 1 aromatic heterocycles. The van der Waals surface area contributed by atoms with Crippen LogP contribution in [0.2, 0.25) is 0 Å². The summed E-state index contributed by atoms with van der Waals surface area (Å²) in [4.78, 5) is 15.4. The largest absolute Gasteiger partial charge is 0.464 e. The summed E-state index contributed by atoms with van der Waals surface area (Å²) >= 11 is 4.32. The van der Waals surface area contributed by atoms with Gasteiger partial charge >= 0.3 is 5.97 Å². The van der Waals surface area contributed by atoms with Crippen LogP contribution in [0.15, 0.2) is 10.1 Å².